The molecule has 0 bridgehead atoms. The lowest BCUT2D eigenvalue weighted by Crippen LogP contribution is -2.13. The molecule has 108 valence electrons. The van der Waals surface area contributed by atoms with E-state index >= 15 is 0 Å². The Morgan fingerprint density at radius 2 is 1.95 bits per heavy atom. The molecule has 1 amide bonds. The number of amides is 1. The van der Waals surface area contributed by atoms with E-state index in [1.165, 1.54) is 11.3 Å². The number of aliphatic carboxylic acids is 1. The second kappa shape index (κ2) is 6.85. The molecular weight excluding hydrogens is 282 g/mol. The average Bonchev–Trinajstić information content (AvgIpc) is 2.62. The largest absolute Gasteiger partial charge is 0.478 e. The molecule has 0 radical (unpaired) electrons. The zero-order valence-corrected chi connectivity index (χ0v) is 12.2. The molecule has 0 saturated heterocycles. The first-order valence-electron chi connectivity index (χ1n) is 5.85. The molecule has 1 aromatic rings. The predicted octanol–water partition coefficient (Wildman–Crippen LogP) is 2.12. The van der Waals surface area contributed by atoms with Crippen LogP contribution in [-0.4, -0.2) is 29.6 Å². The van der Waals surface area contributed by atoms with Gasteiger partial charge in [-0.3, -0.25) is 4.79 Å². The van der Waals surface area contributed by atoms with Gasteiger partial charge in [0.05, 0.1) is 12.2 Å². The molecular formula is C13H15NO5S. The van der Waals surface area contributed by atoms with Crippen molar-refractivity contribution in [1.82, 2.24) is 0 Å². The van der Waals surface area contributed by atoms with Gasteiger partial charge < -0.3 is 15.2 Å². The number of rotatable bonds is 5. The van der Waals surface area contributed by atoms with Crippen molar-refractivity contribution in [3.63, 3.8) is 0 Å². The Morgan fingerprint density at radius 1 is 1.30 bits per heavy atom. The highest BCUT2D eigenvalue weighted by Crippen LogP contribution is 2.32. The molecule has 0 saturated carbocycles. The van der Waals surface area contributed by atoms with Crippen LogP contribution in [0.2, 0.25) is 0 Å². The molecule has 0 aliphatic carbocycles. The predicted molar refractivity (Wildman–Crippen MR) is 75.2 cm³/mol. The Kier molecular flexibility index (Phi) is 5.45. The second-order valence-corrected chi connectivity index (χ2v) is 5.09. The van der Waals surface area contributed by atoms with E-state index in [4.69, 9.17) is 9.84 Å². The van der Waals surface area contributed by atoms with Crippen LogP contribution >= 0.6 is 11.3 Å². The van der Waals surface area contributed by atoms with E-state index in [1.807, 2.05) is 6.92 Å². The monoisotopic (exact) mass is 297 g/mol. The van der Waals surface area contributed by atoms with Crippen LogP contribution in [0.25, 0.3) is 0 Å². The van der Waals surface area contributed by atoms with Crippen LogP contribution in [0.5, 0.6) is 0 Å². The smallest absolute Gasteiger partial charge is 0.341 e. The summed E-state index contributed by atoms with van der Waals surface area (Å²) in [5, 5.41) is 11.3. The fraction of sp³-hybridized carbons (Fsp3) is 0.308. The summed E-state index contributed by atoms with van der Waals surface area (Å²) < 4.78 is 4.95. The Balaban J connectivity index is 3.01. The van der Waals surface area contributed by atoms with Gasteiger partial charge in [-0.05, 0) is 26.3 Å². The van der Waals surface area contributed by atoms with Gasteiger partial charge in [0.2, 0.25) is 5.91 Å². The highest BCUT2D eigenvalue weighted by molar-refractivity contribution is 7.16. The highest BCUT2D eigenvalue weighted by Gasteiger charge is 2.21. The summed E-state index contributed by atoms with van der Waals surface area (Å²) in [6, 6.07) is 0. The summed E-state index contributed by atoms with van der Waals surface area (Å²) in [6.45, 7) is 5.52. The highest BCUT2D eigenvalue weighted by atomic mass is 32.1. The third-order valence-corrected chi connectivity index (χ3v) is 3.60. The molecule has 20 heavy (non-hydrogen) atoms. The van der Waals surface area contributed by atoms with E-state index in [-0.39, 0.29) is 6.61 Å². The van der Waals surface area contributed by atoms with Crippen molar-refractivity contribution in [1.29, 1.82) is 0 Å². The molecule has 0 spiro atoms. The van der Waals surface area contributed by atoms with E-state index in [0.717, 1.165) is 22.6 Å². The Hall–Kier alpha value is -2.15. The van der Waals surface area contributed by atoms with Crippen LogP contribution in [0.15, 0.2) is 12.2 Å². The molecule has 1 aromatic heterocycles. The maximum absolute atomic E-state index is 11.9. The lowest BCUT2D eigenvalue weighted by atomic mass is 10.1. The summed E-state index contributed by atoms with van der Waals surface area (Å²) in [5.74, 6) is -2.34. The number of ether oxygens (including phenoxy) is 1. The minimum absolute atomic E-state index is 0.236. The van der Waals surface area contributed by atoms with Crippen LogP contribution in [0.4, 0.5) is 5.00 Å². The first-order chi connectivity index (χ1) is 9.36. The number of hydrogen-bond acceptors (Lipinski definition) is 5. The minimum atomic E-state index is -1.22. The molecule has 7 heteroatoms. The molecule has 0 aliphatic heterocycles. The number of carbonyl (C=O) groups is 3. The van der Waals surface area contributed by atoms with Crippen molar-refractivity contribution in [2.45, 2.75) is 20.8 Å². The lowest BCUT2D eigenvalue weighted by Gasteiger charge is -2.05. The third-order valence-electron chi connectivity index (χ3n) is 2.48. The number of esters is 1. The first kappa shape index (κ1) is 15.9. The molecule has 6 nitrogen and oxygen atoms in total. The molecule has 0 unspecified atom stereocenters. The van der Waals surface area contributed by atoms with Crippen molar-refractivity contribution in [3.05, 3.63) is 28.2 Å². The summed E-state index contributed by atoms with van der Waals surface area (Å²) in [6.07, 6.45) is 1.62. The molecule has 1 rings (SSSR count). The standard InChI is InChI=1S/C13H15NO5S/c1-4-19-13(18)11-7(2)8(3)20-12(11)14-9(15)5-6-10(16)17/h5-6H,4H2,1-3H3,(H,14,15)(H,16,17). The van der Waals surface area contributed by atoms with E-state index in [1.54, 1.807) is 13.8 Å². The Bertz CT molecular complexity index is 574. The van der Waals surface area contributed by atoms with Crippen molar-refractivity contribution < 1.29 is 24.2 Å². The van der Waals surface area contributed by atoms with Crippen molar-refractivity contribution >= 4 is 34.2 Å². The molecule has 2 N–H and O–H groups in total. The maximum atomic E-state index is 11.9. The number of nitrogens with one attached hydrogen (secondary N) is 1. The molecule has 0 aromatic carbocycles. The van der Waals surface area contributed by atoms with Gasteiger partial charge in [-0.1, -0.05) is 0 Å². The van der Waals surface area contributed by atoms with Crippen molar-refractivity contribution in [2.75, 3.05) is 11.9 Å². The number of anilines is 1. The van der Waals surface area contributed by atoms with Crippen molar-refractivity contribution in [3.8, 4) is 0 Å². The van der Waals surface area contributed by atoms with Gasteiger partial charge in [-0.25, -0.2) is 9.59 Å². The second-order valence-electron chi connectivity index (χ2n) is 3.87. The quantitative estimate of drug-likeness (QED) is 0.641. The Labute approximate surface area is 120 Å². The summed E-state index contributed by atoms with van der Waals surface area (Å²) in [7, 11) is 0. The van der Waals surface area contributed by atoms with Crippen molar-refractivity contribution in [2.24, 2.45) is 0 Å². The van der Waals surface area contributed by atoms with Gasteiger partial charge in [0.1, 0.15) is 5.00 Å². The van der Waals surface area contributed by atoms with Gasteiger partial charge in [0, 0.05) is 17.0 Å². The molecule has 0 atom stereocenters. The summed E-state index contributed by atoms with van der Waals surface area (Å²) in [5.41, 5.74) is 1.05. The van der Waals surface area contributed by atoms with E-state index in [2.05, 4.69) is 5.32 Å². The van der Waals surface area contributed by atoms with Gasteiger partial charge in [-0.15, -0.1) is 11.3 Å². The number of hydrogen-bond donors (Lipinski definition) is 2. The number of thiophene rings is 1. The van der Waals surface area contributed by atoms with Crippen LogP contribution in [-0.2, 0) is 14.3 Å². The van der Waals surface area contributed by atoms with Crippen LogP contribution in [0.3, 0.4) is 0 Å². The topological polar surface area (TPSA) is 92.7 Å². The third kappa shape index (κ3) is 3.92. The number of carbonyl (C=O) groups excluding carboxylic acids is 2. The normalized spacial score (nSPS) is 10.6. The molecule has 0 fully saturated rings. The summed E-state index contributed by atoms with van der Waals surface area (Å²) in [4.78, 5) is 34.6. The van der Waals surface area contributed by atoms with E-state index < -0.39 is 17.8 Å². The van der Waals surface area contributed by atoms with Gasteiger partial charge in [0.15, 0.2) is 0 Å². The van der Waals surface area contributed by atoms with Gasteiger partial charge in [0.25, 0.3) is 0 Å². The van der Waals surface area contributed by atoms with E-state index in [9.17, 15) is 14.4 Å². The lowest BCUT2D eigenvalue weighted by molar-refractivity contribution is -0.131. The van der Waals surface area contributed by atoms with E-state index in [0.29, 0.717) is 10.6 Å². The average molecular weight is 297 g/mol. The Morgan fingerprint density at radius 3 is 2.50 bits per heavy atom. The van der Waals surface area contributed by atoms with Crippen LogP contribution < -0.4 is 5.32 Å². The van der Waals surface area contributed by atoms with Crippen LogP contribution in [0.1, 0.15) is 27.7 Å². The fourth-order valence-electron chi connectivity index (χ4n) is 1.46. The fourth-order valence-corrected chi connectivity index (χ4v) is 2.52. The van der Waals surface area contributed by atoms with Gasteiger partial charge in [-0.2, -0.15) is 0 Å². The maximum Gasteiger partial charge on any atom is 0.341 e. The summed E-state index contributed by atoms with van der Waals surface area (Å²) >= 11 is 1.24. The minimum Gasteiger partial charge on any atom is -0.478 e. The number of carboxylic acid groups (broad SMARTS) is 1. The molecule has 0 aliphatic rings. The number of aryl methyl sites for hydroxylation is 1. The first-order valence-corrected chi connectivity index (χ1v) is 6.67. The zero-order valence-electron chi connectivity index (χ0n) is 11.4. The van der Waals surface area contributed by atoms with Gasteiger partial charge >= 0.3 is 11.9 Å². The SMILES string of the molecule is CCOC(=O)c1c(NC(=O)C=CC(=O)O)sc(C)c1C. The molecule has 1 heterocycles. The number of carboxylic acids is 1. The van der Waals surface area contributed by atoms with Crippen LogP contribution in [0, 0.1) is 13.8 Å². The zero-order chi connectivity index (χ0) is 15.3.